The summed E-state index contributed by atoms with van der Waals surface area (Å²) in [5.74, 6) is 0. The van der Waals surface area contributed by atoms with Gasteiger partial charge in [0.15, 0.2) is 0 Å². The van der Waals surface area contributed by atoms with Crippen molar-refractivity contribution in [1.29, 1.82) is 0 Å². The molecule has 18 heavy (non-hydrogen) atoms. The van der Waals surface area contributed by atoms with Crippen molar-refractivity contribution in [1.82, 2.24) is 10.2 Å². The van der Waals surface area contributed by atoms with Crippen molar-refractivity contribution in [3.63, 3.8) is 0 Å². The minimum absolute atomic E-state index is 0.118. The van der Waals surface area contributed by atoms with E-state index in [0.717, 1.165) is 26.1 Å². The Balaban J connectivity index is 1.99. The first-order valence-electron chi connectivity index (χ1n) is 6.74. The molecule has 1 atom stereocenters. The number of aliphatic hydroxyl groups is 1. The molecule has 0 spiro atoms. The van der Waals surface area contributed by atoms with Crippen LogP contribution in [0.1, 0.15) is 25.8 Å². The van der Waals surface area contributed by atoms with Gasteiger partial charge < -0.3 is 10.4 Å². The van der Waals surface area contributed by atoms with E-state index >= 15 is 0 Å². The van der Waals surface area contributed by atoms with Gasteiger partial charge in [0.2, 0.25) is 0 Å². The third kappa shape index (κ3) is 3.80. The topological polar surface area (TPSA) is 35.5 Å². The standard InChI is InChI=1S/C15H24N2O/c1-15(2)12-17(11-14(16-15)8-9-18)10-13-6-4-3-5-7-13/h3-7,14,16,18H,8-12H2,1-2H3. The van der Waals surface area contributed by atoms with Crippen molar-refractivity contribution in [3.8, 4) is 0 Å². The number of benzene rings is 1. The maximum Gasteiger partial charge on any atom is 0.0446 e. The zero-order valence-electron chi connectivity index (χ0n) is 11.4. The Bertz CT molecular complexity index is 364. The van der Waals surface area contributed by atoms with E-state index in [-0.39, 0.29) is 12.1 Å². The predicted molar refractivity (Wildman–Crippen MR) is 74.4 cm³/mol. The lowest BCUT2D eigenvalue weighted by Gasteiger charge is -2.44. The summed E-state index contributed by atoms with van der Waals surface area (Å²) in [4.78, 5) is 2.48. The van der Waals surface area contributed by atoms with Gasteiger partial charge in [-0.05, 0) is 25.8 Å². The second-order valence-corrected chi connectivity index (χ2v) is 5.89. The van der Waals surface area contributed by atoms with Crippen LogP contribution in [0.4, 0.5) is 0 Å². The second kappa shape index (κ2) is 5.83. The maximum atomic E-state index is 9.11. The molecule has 1 saturated heterocycles. The van der Waals surface area contributed by atoms with Crippen molar-refractivity contribution >= 4 is 0 Å². The molecule has 3 nitrogen and oxygen atoms in total. The molecule has 0 radical (unpaired) electrons. The van der Waals surface area contributed by atoms with Crippen molar-refractivity contribution in [2.24, 2.45) is 0 Å². The van der Waals surface area contributed by atoms with Gasteiger partial charge in [0, 0.05) is 37.8 Å². The van der Waals surface area contributed by atoms with Crippen LogP contribution in [0.3, 0.4) is 0 Å². The normalized spacial score (nSPS) is 24.1. The van der Waals surface area contributed by atoms with Crippen LogP contribution < -0.4 is 5.32 Å². The number of rotatable bonds is 4. The lowest BCUT2D eigenvalue weighted by Crippen LogP contribution is -2.61. The van der Waals surface area contributed by atoms with E-state index in [1.54, 1.807) is 0 Å². The lowest BCUT2D eigenvalue weighted by atomic mass is 9.96. The van der Waals surface area contributed by atoms with Gasteiger partial charge >= 0.3 is 0 Å². The Morgan fingerprint density at radius 3 is 2.72 bits per heavy atom. The Labute approximate surface area is 110 Å². The van der Waals surface area contributed by atoms with Crippen molar-refractivity contribution in [2.45, 2.75) is 38.4 Å². The van der Waals surface area contributed by atoms with Gasteiger partial charge in [-0.25, -0.2) is 0 Å². The Morgan fingerprint density at radius 1 is 1.33 bits per heavy atom. The van der Waals surface area contributed by atoms with E-state index in [0.29, 0.717) is 6.04 Å². The summed E-state index contributed by atoms with van der Waals surface area (Å²) >= 11 is 0. The quantitative estimate of drug-likeness (QED) is 0.850. The second-order valence-electron chi connectivity index (χ2n) is 5.89. The van der Waals surface area contributed by atoms with Crippen LogP contribution in [0, 0.1) is 0 Å². The highest BCUT2D eigenvalue weighted by Gasteiger charge is 2.31. The van der Waals surface area contributed by atoms with Gasteiger partial charge in [-0.1, -0.05) is 30.3 Å². The predicted octanol–water partition coefficient (Wildman–Crippen LogP) is 1.62. The molecule has 1 unspecified atom stereocenters. The summed E-state index contributed by atoms with van der Waals surface area (Å²) in [6.45, 7) is 7.77. The number of nitrogens with one attached hydrogen (secondary N) is 1. The highest BCUT2D eigenvalue weighted by atomic mass is 16.3. The minimum Gasteiger partial charge on any atom is -0.396 e. The van der Waals surface area contributed by atoms with E-state index in [9.17, 15) is 0 Å². The fourth-order valence-electron chi connectivity index (χ4n) is 2.86. The number of hydrogen-bond acceptors (Lipinski definition) is 3. The summed E-state index contributed by atoms with van der Waals surface area (Å²) in [7, 11) is 0. The molecule has 0 aliphatic carbocycles. The molecule has 1 aromatic rings. The monoisotopic (exact) mass is 248 g/mol. The van der Waals surface area contributed by atoms with Crippen LogP contribution in [0.25, 0.3) is 0 Å². The molecule has 3 heteroatoms. The number of aliphatic hydroxyl groups excluding tert-OH is 1. The summed E-state index contributed by atoms with van der Waals surface area (Å²) in [5.41, 5.74) is 1.48. The van der Waals surface area contributed by atoms with Gasteiger partial charge in [-0.2, -0.15) is 0 Å². The largest absolute Gasteiger partial charge is 0.396 e. The molecule has 0 saturated carbocycles. The average molecular weight is 248 g/mol. The summed E-state index contributed by atoms with van der Waals surface area (Å²) in [5, 5.41) is 12.7. The number of nitrogens with zero attached hydrogens (tertiary/aromatic N) is 1. The smallest absolute Gasteiger partial charge is 0.0446 e. The van der Waals surface area contributed by atoms with Crippen LogP contribution in [-0.2, 0) is 6.54 Å². The molecule has 0 amide bonds. The van der Waals surface area contributed by atoms with Gasteiger partial charge in [-0.15, -0.1) is 0 Å². The van der Waals surface area contributed by atoms with Crippen LogP contribution in [0.2, 0.25) is 0 Å². The van der Waals surface area contributed by atoms with Crippen LogP contribution in [-0.4, -0.2) is 41.3 Å². The zero-order valence-corrected chi connectivity index (χ0v) is 11.4. The summed E-state index contributed by atoms with van der Waals surface area (Å²) in [6.07, 6.45) is 0.828. The molecule has 0 aromatic heterocycles. The first-order valence-corrected chi connectivity index (χ1v) is 6.74. The molecule has 1 fully saturated rings. The SMILES string of the molecule is CC1(C)CN(Cc2ccccc2)CC(CCO)N1. The third-order valence-corrected chi connectivity index (χ3v) is 3.42. The van der Waals surface area contributed by atoms with Gasteiger partial charge in [-0.3, -0.25) is 4.90 Å². The fourth-order valence-corrected chi connectivity index (χ4v) is 2.86. The van der Waals surface area contributed by atoms with Gasteiger partial charge in [0.25, 0.3) is 0 Å². The zero-order chi connectivity index (χ0) is 13.0. The van der Waals surface area contributed by atoms with Gasteiger partial charge in [0.1, 0.15) is 0 Å². The Kier molecular flexibility index (Phi) is 4.38. The maximum absolute atomic E-state index is 9.11. The van der Waals surface area contributed by atoms with Crippen LogP contribution in [0.5, 0.6) is 0 Å². The molecule has 1 aliphatic rings. The van der Waals surface area contributed by atoms with E-state index in [1.807, 2.05) is 0 Å². The third-order valence-electron chi connectivity index (χ3n) is 3.42. The lowest BCUT2D eigenvalue weighted by molar-refractivity contribution is 0.0982. The Hall–Kier alpha value is -0.900. The molecular formula is C15H24N2O. The molecule has 1 aliphatic heterocycles. The highest BCUT2D eigenvalue weighted by Crippen LogP contribution is 2.17. The van der Waals surface area contributed by atoms with Gasteiger partial charge in [0.05, 0.1) is 0 Å². The van der Waals surface area contributed by atoms with E-state index < -0.39 is 0 Å². The van der Waals surface area contributed by atoms with E-state index in [1.165, 1.54) is 5.56 Å². The van der Waals surface area contributed by atoms with Crippen molar-refractivity contribution in [2.75, 3.05) is 19.7 Å². The molecule has 100 valence electrons. The Morgan fingerprint density at radius 2 is 2.06 bits per heavy atom. The van der Waals surface area contributed by atoms with E-state index in [4.69, 9.17) is 5.11 Å². The van der Waals surface area contributed by atoms with Crippen molar-refractivity contribution in [3.05, 3.63) is 35.9 Å². The van der Waals surface area contributed by atoms with Crippen LogP contribution >= 0.6 is 0 Å². The molecule has 2 rings (SSSR count). The molecule has 1 aromatic carbocycles. The summed E-state index contributed by atoms with van der Waals surface area (Å²) in [6, 6.07) is 11.0. The minimum atomic E-state index is 0.118. The first kappa shape index (κ1) is 13.5. The number of piperazine rings is 1. The van der Waals surface area contributed by atoms with Crippen molar-refractivity contribution < 1.29 is 5.11 Å². The highest BCUT2D eigenvalue weighted by molar-refractivity contribution is 5.14. The number of hydrogen-bond donors (Lipinski definition) is 2. The molecular weight excluding hydrogens is 224 g/mol. The first-order chi connectivity index (χ1) is 8.59. The fraction of sp³-hybridized carbons (Fsp3) is 0.600. The molecule has 1 heterocycles. The van der Waals surface area contributed by atoms with E-state index in [2.05, 4.69) is 54.4 Å². The van der Waals surface area contributed by atoms with Crippen LogP contribution in [0.15, 0.2) is 30.3 Å². The molecule has 0 bridgehead atoms. The average Bonchev–Trinajstić information content (AvgIpc) is 2.28. The molecule has 2 N–H and O–H groups in total. The summed E-state index contributed by atoms with van der Waals surface area (Å²) < 4.78 is 0.